The molecule has 8 heteroatoms. The van der Waals surface area contributed by atoms with E-state index in [1.165, 1.54) is 24.8 Å². The molecule has 1 aromatic heterocycles. The number of thiocarbonyl (C=S) groups is 1. The fraction of sp³-hybridized carbons (Fsp3) is 0.522. The summed E-state index contributed by atoms with van der Waals surface area (Å²) in [5, 5.41) is 7.89. The summed E-state index contributed by atoms with van der Waals surface area (Å²) < 4.78 is 5.63. The first kappa shape index (κ1) is 22.2. The third-order valence-electron chi connectivity index (χ3n) is 6.22. The Kier molecular flexibility index (Phi) is 7.25. The summed E-state index contributed by atoms with van der Waals surface area (Å²) >= 11 is 11.9. The summed E-state index contributed by atoms with van der Waals surface area (Å²) in [7, 11) is 0. The van der Waals surface area contributed by atoms with E-state index in [2.05, 4.69) is 32.7 Å². The molecule has 4 rings (SSSR count). The van der Waals surface area contributed by atoms with E-state index in [-0.39, 0.29) is 5.41 Å². The summed E-state index contributed by atoms with van der Waals surface area (Å²) in [6.07, 6.45) is 5.55. The zero-order chi connectivity index (χ0) is 21.7. The zero-order valence-electron chi connectivity index (χ0n) is 18.0. The van der Waals surface area contributed by atoms with Gasteiger partial charge in [-0.2, -0.15) is 4.98 Å². The quantitative estimate of drug-likeness (QED) is 0.640. The maximum Gasteiger partial charge on any atom is 0.231 e. The molecule has 0 spiro atoms. The molecule has 0 atom stereocenters. The van der Waals surface area contributed by atoms with Gasteiger partial charge in [-0.15, -0.1) is 0 Å². The number of aryl methyl sites for hydroxylation is 1. The summed E-state index contributed by atoms with van der Waals surface area (Å²) in [5.41, 5.74) is 2.08. The Labute approximate surface area is 194 Å². The van der Waals surface area contributed by atoms with E-state index in [0.717, 1.165) is 55.7 Å². The van der Waals surface area contributed by atoms with E-state index in [1.54, 1.807) is 0 Å². The van der Waals surface area contributed by atoms with Gasteiger partial charge in [-0.05, 0) is 68.9 Å². The number of rotatable bonds is 5. The number of aromatic nitrogens is 2. The topological polar surface area (TPSA) is 62.3 Å². The fourth-order valence-electron chi connectivity index (χ4n) is 4.44. The van der Waals surface area contributed by atoms with Gasteiger partial charge in [0.2, 0.25) is 5.95 Å². The van der Waals surface area contributed by atoms with Gasteiger partial charge in [-0.1, -0.05) is 23.7 Å². The van der Waals surface area contributed by atoms with Crippen LogP contribution < -0.4 is 15.5 Å². The molecule has 2 saturated heterocycles. The van der Waals surface area contributed by atoms with Gasteiger partial charge in [0, 0.05) is 55.0 Å². The van der Waals surface area contributed by atoms with Crippen molar-refractivity contribution in [1.82, 2.24) is 15.3 Å². The lowest BCUT2D eigenvalue weighted by Gasteiger charge is -2.38. The first-order valence-electron chi connectivity index (χ1n) is 11.0. The molecule has 0 aliphatic carbocycles. The van der Waals surface area contributed by atoms with Crippen molar-refractivity contribution in [2.75, 3.05) is 43.1 Å². The minimum atomic E-state index is -0.0681. The van der Waals surface area contributed by atoms with Crippen molar-refractivity contribution in [3.8, 4) is 0 Å². The highest BCUT2D eigenvalue weighted by Gasteiger charge is 2.34. The minimum absolute atomic E-state index is 0.0681. The molecular formula is C23H30ClN5OS. The Hall–Kier alpha value is -1.96. The van der Waals surface area contributed by atoms with Crippen LogP contribution in [0.25, 0.3) is 0 Å². The van der Waals surface area contributed by atoms with Crippen LogP contribution in [-0.2, 0) is 10.2 Å². The summed E-state index contributed by atoms with van der Waals surface area (Å²) in [6, 6.07) is 10.2. The number of halogens is 1. The third-order valence-corrected chi connectivity index (χ3v) is 6.70. The van der Waals surface area contributed by atoms with E-state index < -0.39 is 0 Å². The lowest BCUT2D eigenvalue weighted by Crippen LogP contribution is -2.45. The average Bonchev–Trinajstić information content (AvgIpc) is 2.78. The smallest absolute Gasteiger partial charge is 0.231 e. The molecule has 166 valence electrons. The number of nitrogens with zero attached hydrogens (tertiary/aromatic N) is 3. The van der Waals surface area contributed by atoms with E-state index in [1.807, 2.05) is 25.1 Å². The number of hydrogen-bond donors (Lipinski definition) is 2. The van der Waals surface area contributed by atoms with Gasteiger partial charge >= 0.3 is 0 Å². The van der Waals surface area contributed by atoms with Crippen LogP contribution in [-0.4, -0.2) is 47.9 Å². The van der Waals surface area contributed by atoms with Crippen molar-refractivity contribution in [2.24, 2.45) is 0 Å². The third kappa shape index (κ3) is 5.64. The van der Waals surface area contributed by atoms with Gasteiger partial charge in [0.25, 0.3) is 0 Å². The summed E-state index contributed by atoms with van der Waals surface area (Å²) in [6.45, 7) is 6.25. The predicted octanol–water partition coefficient (Wildman–Crippen LogP) is 4.46. The molecule has 0 bridgehead atoms. The van der Waals surface area contributed by atoms with Gasteiger partial charge in [0.1, 0.15) is 5.82 Å². The Morgan fingerprint density at radius 3 is 2.68 bits per heavy atom. The van der Waals surface area contributed by atoms with Crippen LogP contribution in [0.3, 0.4) is 0 Å². The van der Waals surface area contributed by atoms with Gasteiger partial charge in [-0.25, -0.2) is 4.98 Å². The molecule has 0 amide bonds. The number of nitrogens with one attached hydrogen (secondary N) is 2. The second-order valence-electron chi connectivity index (χ2n) is 8.45. The predicted molar refractivity (Wildman–Crippen MR) is 130 cm³/mol. The molecule has 2 fully saturated rings. The average molecular weight is 460 g/mol. The van der Waals surface area contributed by atoms with E-state index >= 15 is 0 Å². The molecule has 0 radical (unpaired) electrons. The standard InChI is InChI=1S/C23H30ClN5OS/c1-17-14-20(29-10-3-2-4-11-29)27-21(26-17)28-22(31)25-16-23(8-12-30-13-9-23)18-6-5-7-19(24)15-18/h5-7,14-15H,2-4,8-13,16H2,1H3,(H2,25,26,27,28,31). The highest BCUT2D eigenvalue weighted by molar-refractivity contribution is 7.80. The van der Waals surface area contributed by atoms with Crippen LogP contribution in [0, 0.1) is 6.92 Å². The highest BCUT2D eigenvalue weighted by Crippen LogP contribution is 2.35. The molecule has 2 aromatic rings. The molecule has 0 saturated carbocycles. The molecular weight excluding hydrogens is 430 g/mol. The summed E-state index contributed by atoms with van der Waals surface area (Å²) in [5.74, 6) is 1.51. The minimum Gasteiger partial charge on any atom is -0.381 e. The second-order valence-corrected chi connectivity index (χ2v) is 9.29. The fourth-order valence-corrected chi connectivity index (χ4v) is 4.79. The Morgan fingerprint density at radius 2 is 1.94 bits per heavy atom. The Bertz CT molecular complexity index is 913. The Morgan fingerprint density at radius 1 is 1.16 bits per heavy atom. The second kappa shape index (κ2) is 10.1. The number of ether oxygens (including phenoxy) is 1. The molecule has 2 N–H and O–H groups in total. The molecule has 31 heavy (non-hydrogen) atoms. The summed E-state index contributed by atoms with van der Waals surface area (Å²) in [4.78, 5) is 11.6. The van der Waals surface area contributed by atoms with Crippen molar-refractivity contribution >= 4 is 40.7 Å². The van der Waals surface area contributed by atoms with E-state index in [9.17, 15) is 0 Å². The molecule has 6 nitrogen and oxygen atoms in total. The molecule has 3 heterocycles. The van der Waals surface area contributed by atoms with Gasteiger partial charge in [0.05, 0.1) is 0 Å². The Balaban J connectivity index is 1.43. The van der Waals surface area contributed by atoms with Gasteiger partial charge in [0.15, 0.2) is 5.11 Å². The lowest BCUT2D eigenvalue weighted by atomic mass is 9.74. The van der Waals surface area contributed by atoms with Crippen molar-refractivity contribution < 1.29 is 4.74 Å². The van der Waals surface area contributed by atoms with Crippen LogP contribution in [0.1, 0.15) is 43.4 Å². The van der Waals surface area contributed by atoms with Gasteiger partial charge in [-0.3, -0.25) is 0 Å². The lowest BCUT2D eigenvalue weighted by molar-refractivity contribution is 0.0515. The molecule has 2 aliphatic heterocycles. The number of hydrogen-bond acceptors (Lipinski definition) is 5. The zero-order valence-corrected chi connectivity index (χ0v) is 19.6. The van der Waals surface area contributed by atoms with Crippen molar-refractivity contribution in [1.29, 1.82) is 0 Å². The first-order valence-corrected chi connectivity index (χ1v) is 11.8. The highest BCUT2D eigenvalue weighted by atomic mass is 35.5. The molecule has 0 unspecified atom stereocenters. The van der Waals surface area contributed by atoms with Crippen molar-refractivity contribution in [2.45, 2.75) is 44.4 Å². The van der Waals surface area contributed by atoms with E-state index in [4.69, 9.17) is 33.5 Å². The van der Waals surface area contributed by atoms with Crippen LogP contribution in [0.15, 0.2) is 30.3 Å². The van der Waals surface area contributed by atoms with Crippen LogP contribution >= 0.6 is 23.8 Å². The maximum absolute atomic E-state index is 6.28. The van der Waals surface area contributed by atoms with Gasteiger partial charge < -0.3 is 20.3 Å². The van der Waals surface area contributed by atoms with Crippen molar-refractivity contribution in [3.63, 3.8) is 0 Å². The molecule has 1 aromatic carbocycles. The maximum atomic E-state index is 6.28. The van der Waals surface area contributed by atoms with E-state index in [0.29, 0.717) is 17.6 Å². The van der Waals surface area contributed by atoms with Crippen LogP contribution in [0.5, 0.6) is 0 Å². The van der Waals surface area contributed by atoms with Crippen LogP contribution in [0.4, 0.5) is 11.8 Å². The SMILES string of the molecule is Cc1cc(N2CCCCC2)nc(NC(=S)NCC2(c3cccc(Cl)c3)CCOCC2)n1. The first-order chi connectivity index (χ1) is 15.0. The number of piperidine rings is 1. The number of anilines is 2. The molecule has 2 aliphatic rings. The van der Waals surface area contributed by atoms with Crippen molar-refractivity contribution in [3.05, 3.63) is 46.6 Å². The monoisotopic (exact) mass is 459 g/mol. The van der Waals surface area contributed by atoms with Crippen LogP contribution in [0.2, 0.25) is 5.02 Å². The number of benzene rings is 1. The largest absolute Gasteiger partial charge is 0.381 e. The normalized spacial score (nSPS) is 18.5.